The molecule has 0 radical (unpaired) electrons. The van der Waals surface area contributed by atoms with Crippen LogP contribution in [0.1, 0.15) is 23.2 Å². The van der Waals surface area contributed by atoms with Crippen molar-refractivity contribution in [3.63, 3.8) is 0 Å². The lowest BCUT2D eigenvalue weighted by Crippen LogP contribution is -2.44. The number of hydrogen-bond acceptors (Lipinski definition) is 3. The van der Waals surface area contributed by atoms with Gasteiger partial charge in [-0.3, -0.25) is 9.69 Å². The van der Waals surface area contributed by atoms with Crippen LogP contribution in [0, 0.1) is 11.3 Å². The monoisotopic (exact) mass is 321 g/mol. The molecule has 1 fully saturated rings. The van der Waals surface area contributed by atoms with Crippen LogP contribution in [-0.2, 0) is 0 Å². The number of likely N-dealkylation sites (tertiary alicyclic amines) is 1. The van der Waals surface area contributed by atoms with Crippen LogP contribution >= 0.6 is 15.9 Å². The number of nitrogens with zero attached hydrogens (tertiary/aromatic N) is 2. The molecule has 0 spiro atoms. The molecule has 0 bridgehead atoms. The number of halogens is 1. The summed E-state index contributed by atoms with van der Waals surface area (Å²) in [5, 5.41) is 11.7. The molecule has 19 heavy (non-hydrogen) atoms. The average Bonchev–Trinajstić information content (AvgIpc) is 2.42. The minimum Gasteiger partial charge on any atom is -0.349 e. The summed E-state index contributed by atoms with van der Waals surface area (Å²) in [5.41, 5.74) is 0.683. The first-order valence-corrected chi connectivity index (χ1v) is 7.14. The van der Waals surface area contributed by atoms with Crippen molar-refractivity contribution in [3.05, 3.63) is 34.3 Å². The molecule has 1 aromatic rings. The van der Waals surface area contributed by atoms with Gasteiger partial charge < -0.3 is 5.32 Å². The molecule has 100 valence electrons. The van der Waals surface area contributed by atoms with E-state index in [4.69, 9.17) is 5.26 Å². The first kappa shape index (κ1) is 14.0. The first-order valence-electron chi connectivity index (χ1n) is 6.35. The Morgan fingerprint density at radius 3 is 2.58 bits per heavy atom. The van der Waals surface area contributed by atoms with Gasteiger partial charge in [-0.1, -0.05) is 15.9 Å². The third kappa shape index (κ3) is 4.05. The van der Waals surface area contributed by atoms with Crippen LogP contribution in [0.2, 0.25) is 0 Å². The zero-order chi connectivity index (χ0) is 13.7. The van der Waals surface area contributed by atoms with Gasteiger partial charge in [0.25, 0.3) is 5.91 Å². The van der Waals surface area contributed by atoms with Crippen molar-refractivity contribution in [2.75, 3.05) is 19.6 Å². The highest BCUT2D eigenvalue weighted by Crippen LogP contribution is 2.13. The minimum atomic E-state index is -0.0220. The molecule has 1 amide bonds. The predicted molar refractivity (Wildman–Crippen MR) is 76.7 cm³/mol. The zero-order valence-electron chi connectivity index (χ0n) is 10.6. The molecular weight excluding hydrogens is 306 g/mol. The van der Waals surface area contributed by atoms with E-state index in [0.29, 0.717) is 12.1 Å². The molecule has 0 unspecified atom stereocenters. The van der Waals surface area contributed by atoms with E-state index in [2.05, 4.69) is 32.2 Å². The van der Waals surface area contributed by atoms with Gasteiger partial charge in [-0.25, -0.2) is 0 Å². The highest BCUT2D eigenvalue weighted by Gasteiger charge is 2.20. The number of nitrogens with one attached hydrogen (secondary N) is 1. The molecule has 1 aliphatic rings. The van der Waals surface area contributed by atoms with Crippen molar-refractivity contribution >= 4 is 21.8 Å². The van der Waals surface area contributed by atoms with Gasteiger partial charge in [-0.2, -0.15) is 5.26 Å². The molecule has 1 heterocycles. The SMILES string of the molecule is N#CCN1CCC(NC(=O)c2ccc(Br)cc2)CC1. The van der Waals surface area contributed by atoms with E-state index >= 15 is 0 Å². The van der Waals surface area contributed by atoms with E-state index in [0.717, 1.165) is 30.4 Å². The molecule has 0 aromatic heterocycles. The number of piperidine rings is 1. The van der Waals surface area contributed by atoms with Crippen LogP contribution in [0.3, 0.4) is 0 Å². The second-order valence-electron chi connectivity index (χ2n) is 4.69. The normalized spacial score (nSPS) is 16.8. The Morgan fingerprint density at radius 2 is 2.00 bits per heavy atom. The summed E-state index contributed by atoms with van der Waals surface area (Å²) in [6, 6.07) is 9.72. The fourth-order valence-corrected chi connectivity index (χ4v) is 2.47. The van der Waals surface area contributed by atoms with Gasteiger partial charge in [-0.05, 0) is 37.1 Å². The van der Waals surface area contributed by atoms with Gasteiger partial charge in [0, 0.05) is 29.2 Å². The molecule has 2 rings (SSSR count). The van der Waals surface area contributed by atoms with Gasteiger partial charge in [0.1, 0.15) is 0 Å². The molecule has 1 aliphatic heterocycles. The number of amides is 1. The Balaban J connectivity index is 1.84. The molecule has 4 nitrogen and oxygen atoms in total. The molecule has 1 aromatic carbocycles. The number of carbonyl (C=O) groups is 1. The van der Waals surface area contributed by atoms with E-state index in [1.54, 1.807) is 0 Å². The smallest absolute Gasteiger partial charge is 0.251 e. The molecule has 1 N–H and O–H groups in total. The summed E-state index contributed by atoms with van der Waals surface area (Å²) in [6.45, 7) is 2.23. The Kier molecular flexibility index (Phi) is 4.94. The second-order valence-corrected chi connectivity index (χ2v) is 5.60. The largest absolute Gasteiger partial charge is 0.349 e. The highest BCUT2D eigenvalue weighted by molar-refractivity contribution is 9.10. The summed E-state index contributed by atoms with van der Waals surface area (Å²) in [6.07, 6.45) is 1.81. The molecular formula is C14H16BrN3O. The van der Waals surface area contributed by atoms with Crippen molar-refractivity contribution in [1.29, 1.82) is 5.26 Å². The summed E-state index contributed by atoms with van der Waals surface area (Å²) in [5.74, 6) is -0.0220. The first-order chi connectivity index (χ1) is 9.19. The third-order valence-corrected chi connectivity index (χ3v) is 3.85. The van der Waals surface area contributed by atoms with Crippen LogP contribution in [0.4, 0.5) is 0 Å². The zero-order valence-corrected chi connectivity index (χ0v) is 12.2. The van der Waals surface area contributed by atoms with E-state index in [1.165, 1.54) is 0 Å². The van der Waals surface area contributed by atoms with E-state index < -0.39 is 0 Å². The minimum absolute atomic E-state index is 0.0220. The lowest BCUT2D eigenvalue weighted by Gasteiger charge is -2.30. The lowest BCUT2D eigenvalue weighted by molar-refractivity contribution is 0.0914. The number of nitriles is 1. The Labute approximate surface area is 121 Å². The van der Waals surface area contributed by atoms with Crippen LogP contribution in [0.5, 0.6) is 0 Å². The van der Waals surface area contributed by atoms with Gasteiger partial charge in [0.2, 0.25) is 0 Å². The fourth-order valence-electron chi connectivity index (χ4n) is 2.21. The maximum atomic E-state index is 12.0. The average molecular weight is 322 g/mol. The summed E-state index contributed by atoms with van der Waals surface area (Å²) < 4.78 is 0.967. The van der Waals surface area contributed by atoms with Crippen molar-refractivity contribution in [1.82, 2.24) is 10.2 Å². The van der Waals surface area contributed by atoms with Crippen molar-refractivity contribution in [2.24, 2.45) is 0 Å². The molecule has 1 saturated heterocycles. The Hall–Kier alpha value is -1.38. The number of hydrogen-bond donors (Lipinski definition) is 1. The maximum Gasteiger partial charge on any atom is 0.251 e. The predicted octanol–water partition coefficient (Wildman–Crippen LogP) is 2.17. The third-order valence-electron chi connectivity index (χ3n) is 3.32. The summed E-state index contributed by atoms with van der Waals surface area (Å²) >= 11 is 3.35. The topological polar surface area (TPSA) is 56.1 Å². The van der Waals surface area contributed by atoms with Crippen LogP contribution < -0.4 is 5.32 Å². The van der Waals surface area contributed by atoms with Crippen LogP contribution in [0.25, 0.3) is 0 Å². The van der Waals surface area contributed by atoms with Crippen LogP contribution in [-0.4, -0.2) is 36.5 Å². The van der Waals surface area contributed by atoms with Crippen molar-refractivity contribution < 1.29 is 4.79 Å². The van der Waals surface area contributed by atoms with E-state index in [9.17, 15) is 4.79 Å². The molecule has 0 atom stereocenters. The van der Waals surface area contributed by atoms with Gasteiger partial charge >= 0.3 is 0 Å². The number of benzene rings is 1. The quantitative estimate of drug-likeness (QED) is 0.868. The van der Waals surface area contributed by atoms with Crippen molar-refractivity contribution in [2.45, 2.75) is 18.9 Å². The second kappa shape index (κ2) is 6.69. The van der Waals surface area contributed by atoms with Gasteiger partial charge in [0.05, 0.1) is 12.6 Å². The molecule has 0 aliphatic carbocycles. The van der Waals surface area contributed by atoms with Gasteiger partial charge in [-0.15, -0.1) is 0 Å². The van der Waals surface area contributed by atoms with E-state index in [1.807, 2.05) is 24.3 Å². The fraction of sp³-hybridized carbons (Fsp3) is 0.429. The van der Waals surface area contributed by atoms with Crippen molar-refractivity contribution in [3.8, 4) is 6.07 Å². The summed E-state index contributed by atoms with van der Waals surface area (Å²) in [7, 11) is 0. The number of carbonyl (C=O) groups excluding carboxylic acids is 1. The lowest BCUT2D eigenvalue weighted by atomic mass is 10.0. The highest BCUT2D eigenvalue weighted by atomic mass is 79.9. The maximum absolute atomic E-state index is 12.0. The number of rotatable bonds is 3. The Morgan fingerprint density at radius 1 is 1.37 bits per heavy atom. The van der Waals surface area contributed by atoms with Gasteiger partial charge in [0.15, 0.2) is 0 Å². The molecule has 5 heteroatoms. The molecule has 0 saturated carbocycles. The Bertz CT molecular complexity index is 472. The summed E-state index contributed by atoms with van der Waals surface area (Å²) in [4.78, 5) is 14.2. The van der Waals surface area contributed by atoms with E-state index in [-0.39, 0.29) is 11.9 Å². The van der Waals surface area contributed by atoms with Crippen LogP contribution in [0.15, 0.2) is 28.7 Å². The standard InChI is InChI=1S/C14H16BrN3O/c15-12-3-1-11(2-4-12)14(19)17-13-5-8-18(9-6-13)10-7-16/h1-4,13H,5-6,8-10H2,(H,17,19).